The highest BCUT2D eigenvalue weighted by Gasteiger charge is 2.54. The molecule has 2 aliphatic heterocycles. The molecule has 0 radical (unpaired) electrons. The SMILES string of the molecule is Nc1nc(/C(=N\OCC(=O)N/N=C/c2ccc(O)c(O)c2)C(=O)NC2C(=O)N3C(C(=O)O)=C(CSc4nncs4)CSC23)cs1. The number of hydrogen-bond acceptors (Lipinski definition) is 17. The van der Waals surface area contributed by atoms with Crippen molar-refractivity contribution in [2.45, 2.75) is 15.8 Å². The van der Waals surface area contributed by atoms with E-state index in [2.05, 4.69) is 36.2 Å². The van der Waals surface area contributed by atoms with E-state index in [0.29, 0.717) is 27.0 Å². The number of carboxylic acids is 1. The molecule has 1 fully saturated rings. The van der Waals surface area contributed by atoms with Crippen molar-refractivity contribution >= 4 is 86.9 Å². The van der Waals surface area contributed by atoms with Crippen molar-refractivity contribution < 1.29 is 39.3 Å². The van der Waals surface area contributed by atoms with Gasteiger partial charge in [-0.3, -0.25) is 19.3 Å². The summed E-state index contributed by atoms with van der Waals surface area (Å²) in [6.45, 7) is -0.659. The van der Waals surface area contributed by atoms with E-state index in [4.69, 9.17) is 10.6 Å². The summed E-state index contributed by atoms with van der Waals surface area (Å²) in [4.78, 5) is 60.9. The summed E-state index contributed by atoms with van der Waals surface area (Å²) < 4.78 is 0.664. The zero-order chi connectivity index (χ0) is 32.1. The summed E-state index contributed by atoms with van der Waals surface area (Å²) in [5, 5.41) is 47.4. The Kier molecular flexibility index (Phi) is 9.80. The largest absolute Gasteiger partial charge is 0.504 e. The van der Waals surface area contributed by atoms with E-state index < -0.39 is 41.7 Å². The quantitative estimate of drug-likeness (QED) is 0.0494. The molecule has 3 aromatic rings. The molecule has 1 aromatic carbocycles. The monoisotopic (exact) mass is 691 g/mol. The summed E-state index contributed by atoms with van der Waals surface area (Å²) in [5.41, 5.74) is 9.91. The number of rotatable bonds is 12. The van der Waals surface area contributed by atoms with Gasteiger partial charge in [-0.1, -0.05) is 28.3 Å². The van der Waals surface area contributed by atoms with Gasteiger partial charge in [0, 0.05) is 16.9 Å². The van der Waals surface area contributed by atoms with Crippen LogP contribution in [0.4, 0.5) is 5.13 Å². The lowest BCUT2D eigenvalue weighted by molar-refractivity contribution is -0.150. The number of nitrogens with one attached hydrogen (secondary N) is 2. The predicted octanol–water partition coefficient (Wildman–Crippen LogP) is 0.390. The highest BCUT2D eigenvalue weighted by atomic mass is 32.2. The van der Waals surface area contributed by atoms with Gasteiger partial charge < -0.3 is 31.2 Å². The molecule has 0 saturated carbocycles. The number of amides is 3. The number of hydrazone groups is 1. The number of thioether (sulfide) groups is 2. The second kappa shape index (κ2) is 13.9. The molecule has 3 amide bonds. The third kappa shape index (κ3) is 7.33. The molecule has 45 heavy (non-hydrogen) atoms. The van der Waals surface area contributed by atoms with Crippen LogP contribution in [0, 0.1) is 0 Å². The molecular weight excluding hydrogens is 671 g/mol. The number of oxime groups is 1. The summed E-state index contributed by atoms with van der Waals surface area (Å²) in [7, 11) is 0. The fourth-order valence-corrected chi connectivity index (χ4v) is 7.49. The molecule has 2 aliphatic rings. The summed E-state index contributed by atoms with van der Waals surface area (Å²) in [6.07, 6.45) is 1.21. The van der Waals surface area contributed by atoms with Gasteiger partial charge in [-0.2, -0.15) is 5.10 Å². The van der Waals surface area contributed by atoms with Crippen LogP contribution in [-0.4, -0.2) is 101 Å². The van der Waals surface area contributed by atoms with Crippen molar-refractivity contribution in [1.29, 1.82) is 0 Å². The molecule has 2 unspecified atom stereocenters. The fourth-order valence-electron chi connectivity index (χ4n) is 3.97. The molecule has 7 N–H and O–H groups in total. The maximum Gasteiger partial charge on any atom is 0.352 e. The first kappa shape index (κ1) is 31.7. The smallest absolute Gasteiger partial charge is 0.352 e. The Bertz CT molecular complexity index is 1730. The van der Waals surface area contributed by atoms with Crippen LogP contribution in [0.2, 0.25) is 0 Å². The van der Waals surface area contributed by atoms with Gasteiger partial charge in [0.15, 0.2) is 33.3 Å². The van der Waals surface area contributed by atoms with E-state index in [-0.39, 0.29) is 33.7 Å². The average Bonchev–Trinajstić information content (AvgIpc) is 3.70. The number of nitrogen functional groups attached to an aromatic ring is 1. The van der Waals surface area contributed by atoms with Crippen LogP contribution < -0.4 is 16.5 Å². The van der Waals surface area contributed by atoms with Crippen molar-refractivity contribution in [3.63, 3.8) is 0 Å². The van der Waals surface area contributed by atoms with Crippen molar-refractivity contribution in [2.24, 2.45) is 10.3 Å². The summed E-state index contributed by atoms with van der Waals surface area (Å²) in [6, 6.07) is 2.87. The van der Waals surface area contributed by atoms with E-state index in [0.717, 1.165) is 16.2 Å². The number of nitrogens with zero attached hydrogens (tertiary/aromatic N) is 6. The predicted molar refractivity (Wildman–Crippen MR) is 165 cm³/mol. The van der Waals surface area contributed by atoms with E-state index in [1.54, 1.807) is 5.51 Å². The van der Waals surface area contributed by atoms with Crippen LogP contribution >= 0.6 is 46.2 Å². The number of phenolic OH excluding ortho intramolecular Hbond substituents is 2. The minimum Gasteiger partial charge on any atom is -0.504 e. The van der Waals surface area contributed by atoms with Gasteiger partial charge in [0.25, 0.3) is 17.7 Å². The third-order valence-electron chi connectivity index (χ3n) is 5.98. The Morgan fingerprint density at radius 3 is 2.76 bits per heavy atom. The van der Waals surface area contributed by atoms with E-state index in [1.807, 2.05) is 0 Å². The maximum absolute atomic E-state index is 13.3. The second-order valence-electron chi connectivity index (χ2n) is 8.94. The van der Waals surface area contributed by atoms with E-state index >= 15 is 0 Å². The number of benzene rings is 1. The van der Waals surface area contributed by atoms with Gasteiger partial charge >= 0.3 is 5.97 Å². The van der Waals surface area contributed by atoms with Crippen LogP contribution in [0.1, 0.15) is 11.3 Å². The van der Waals surface area contributed by atoms with Gasteiger partial charge in [-0.25, -0.2) is 15.2 Å². The number of aromatic nitrogens is 3. The number of anilines is 1. The summed E-state index contributed by atoms with van der Waals surface area (Å²) in [5.74, 6) is -3.54. The second-order valence-corrected chi connectivity index (χ2v) is 13.0. The number of β-lactam (4-membered cyclic amide) rings is 1. The minimum atomic E-state index is -1.26. The molecule has 1 saturated heterocycles. The third-order valence-corrected chi connectivity index (χ3v) is 9.94. The first-order chi connectivity index (χ1) is 21.6. The van der Waals surface area contributed by atoms with Crippen LogP contribution in [0.3, 0.4) is 0 Å². The number of aromatic hydroxyl groups is 2. The number of carbonyl (C=O) groups excluding carboxylic acids is 3. The molecule has 2 aromatic heterocycles. The highest BCUT2D eigenvalue weighted by Crippen LogP contribution is 2.41. The highest BCUT2D eigenvalue weighted by molar-refractivity contribution is 8.01. The molecule has 2 atom stereocenters. The van der Waals surface area contributed by atoms with Gasteiger partial charge in [-0.15, -0.1) is 33.3 Å². The first-order valence-corrected chi connectivity index (χ1v) is 16.3. The number of thiazole rings is 1. The zero-order valence-electron chi connectivity index (χ0n) is 22.5. The molecule has 234 valence electrons. The fraction of sp³-hybridized carbons (Fsp3) is 0.208. The Labute approximate surface area is 269 Å². The van der Waals surface area contributed by atoms with Crippen molar-refractivity contribution in [3.8, 4) is 11.5 Å². The number of nitrogens with two attached hydrogens (primary N) is 1. The van der Waals surface area contributed by atoms with Crippen molar-refractivity contribution in [3.05, 3.63) is 51.6 Å². The number of fused-ring (bicyclic) bond motifs is 1. The molecule has 0 aliphatic carbocycles. The standard InChI is InChI=1S/C24H21N9O8S4/c25-23-28-12(8-43-23)16(32-41-5-15(36)30-26-4-10-1-2-13(34)14(35)3-10)19(37)29-17-20(38)33-18(22(39)40)11(6-42-21(17)33)7-44-24-31-27-9-45-24/h1-4,8-9,17,21,34-35H,5-7H2,(H2,25,28)(H,29,37)(H,30,36)(H,39,40)/b26-4+,32-16+. The molecule has 0 spiro atoms. The molecular formula is C24H21N9O8S4. The topological polar surface area (TPSA) is 255 Å². The van der Waals surface area contributed by atoms with Gasteiger partial charge in [0.05, 0.1) is 6.21 Å². The molecule has 4 heterocycles. The Morgan fingerprint density at radius 1 is 1.24 bits per heavy atom. The van der Waals surface area contributed by atoms with Crippen molar-refractivity contribution in [2.75, 3.05) is 23.8 Å². The maximum atomic E-state index is 13.3. The zero-order valence-corrected chi connectivity index (χ0v) is 25.8. The number of carbonyl (C=O) groups is 4. The van der Waals surface area contributed by atoms with E-state index in [9.17, 15) is 34.5 Å². The lowest BCUT2D eigenvalue weighted by Crippen LogP contribution is -2.71. The van der Waals surface area contributed by atoms with Gasteiger partial charge in [-0.05, 0) is 29.3 Å². The minimum absolute atomic E-state index is 0.0302. The molecule has 0 bridgehead atoms. The van der Waals surface area contributed by atoms with Crippen LogP contribution in [0.25, 0.3) is 0 Å². The number of aliphatic carboxylic acids is 1. The molecule has 21 heteroatoms. The van der Waals surface area contributed by atoms with Gasteiger partial charge in [0.2, 0.25) is 0 Å². The van der Waals surface area contributed by atoms with Crippen LogP contribution in [0.15, 0.2) is 55.0 Å². The number of hydrogen-bond donors (Lipinski definition) is 6. The summed E-state index contributed by atoms with van der Waals surface area (Å²) >= 11 is 4.96. The van der Waals surface area contributed by atoms with Crippen LogP contribution in [0.5, 0.6) is 11.5 Å². The van der Waals surface area contributed by atoms with E-state index in [1.165, 1.54) is 64.7 Å². The first-order valence-electron chi connectivity index (χ1n) is 12.5. The Balaban J connectivity index is 1.22. The molecule has 5 rings (SSSR count). The van der Waals surface area contributed by atoms with Crippen LogP contribution in [-0.2, 0) is 24.0 Å². The number of phenols is 2. The van der Waals surface area contributed by atoms with Crippen molar-refractivity contribution in [1.82, 2.24) is 30.8 Å². The Morgan fingerprint density at radius 2 is 2.07 bits per heavy atom. The van der Waals surface area contributed by atoms with Gasteiger partial charge in [0.1, 0.15) is 28.3 Å². The number of carboxylic acid groups (broad SMARTS) is 1. The lowest BCUT2D eigenvalue weighted by atomic mass is 10.0. The normalized spacial score (nSPS) is 18.0. The Hall–Kier alpha value is -4.73. The average molecular weight is 692 g/mol. The lowest BCUT2D eigenvalue weighted by Gasteiger charge is -2.49. The molecule has 17 nitrogen and oxygen atoms in total.